The maximum atomic E-state index is 11.6. The van der Waals surface area contributed by atoms with Gasteiger partial charge in [0.05, 0.1) is 0 Å². The lowest BCUT2D eigenvalue weighted by Crippen LogP contribution is -2.29. The monoisotopic (exact) mass is 253 g/mol. The summed E-state index contributed by atoms with van der Waals surface area (Å²) in [4.78, 5) is 15.5. The maximum absolute atomic E-state index is 11.6. The molecule has 0 amide bonds. The fourth-order valence-electron chi connectivity index (χ4n) is 0.994. The summed E-state index contributed by atoms with van der Waals surface area (Å²) < 4.78 is 2.84. The molecule has 0 aliphatic carbocycles. The van der Waals surface area contributed by atoms with Gasteiger partial charge in [0.25, 0.3) is 0 Å². The maximum Gasteiger partial charge on any atom is 0.353 e. The summed E-state index contributed by atoms with van der Waals surface area (Å²) in [6.07, 6.45) is 6.43. The molecule has 0 saturated carbocycles. The number of hydrogen-bond acceptors (Lipinski definition) is 4. The van der Waals surface area contributed by atoms with Crippen LogP contribution in [-0.2, 0) is 6.54 Å². The van der Waals surface area contributed by atoms with Gasteiger partial charge in [0.1, 0.15) is 12.9 Å². The number of aromatic nitrogens is 5. The standard InChI is InChI=1S/C7H4BrN5O/c1-2-3-13-7(14)12-4-9-5(8)6(12)10-11-13/h1,4H,3H2. The fourth-order valence-corrected chi connectivity index (χ4v) is 1.36. The van der Waals surface area contributed by atoms with E-state index in [1.807, 2.05) is 0 Å². The molecule has 0 atom stereocenters. The van der Waals surface area contributed by atoms with Crippen molar-refractivity contribution in [3.63, 3.8) is 0 Å². The third kappa shape index (κ3) is 1.20. The van der Waals surface area contributed by atoms with Gasteiger partial charge in [-0.25, -0.2) is 14.2 Å². The first-order valence-corrected chi connectivity index (χ1v) is 4.43. The van der Waals surface area contributed by atoms with Gasteiger partial charge in [0.15, 0.2) is 10.3 Å². The topological polar surface area (TPSA) is 65.1 Å². The molecular formula is C7H4BrN5O. The molecule has 0 aromatic carbocycles. The van der Waals surface area contributed by atoms with Crippen molar-refractivity contribution in [2.45, 2.75) is 6.54 Å². The van der Waals surface area contributed by atoms with Crippen LogP contribution < -0.4 is 5.69 Å². The summed E-state index contributed by atoms with van der Waals surface area (Å²) >= 11 is 3.14. The molecule has 0 fully saturated rings. The van der Waals surface area contributed by atoms with Gasteiger partial charge in [-0.2, -0.15) is 4.68 Å². The molecule has 0 aliphatic heterocycles. The van der Waals surface area contributed by atoms with Crippen LogP contribution in [0.5, 0.6) is 0 Å². The zero-order valence-corrected chi connectivity index (χ0v) is 8.47. The summed E-state index contributed by atoms with van der Waals surface area (Å²) in [6, 6.07) is 0. The van der Waals surface area contributed by atoms with Crippen molar-refractivity contribution in [2.24, 2.45) is 0 Å². The largest absolute Gasteiger partial charge is 0.353 e. The van der Waals surface area contributed by atoms with Crippen molar-refractivity contribution < 1.29 is 0 Å². The van der Waals surface area contributed by atoms with E-state index in [9.17, 15) is 4.79 Å². The van der Waals surface area contributed by atoms with Crippen LogP contribution in [0, 0.1) is 12.3 Å². The normalized spacial score (nSPS) is 10.3. The van der Waals surface area contributed by atoms with Crippen LogP contribution >= 0.6 is 15.9 Å². The van der Waals surface area contributed by atoms with Gasteiger partial charge in [-0.05, 0) is 15.9 Å². The van der Waals surface area contributed by atoms with Crippen molar-refractivity contribution >= 4 is 21.6 Å². The molecule has 2 heterocycles. The van der Waals surface area contributed by atoms with Gasteiger partial charge in [-0.15, -0.1) is 11.5 Å². The third-order valence-corrected chi connectivity index (χ3v) is 2.17. The Balaban J connectivity index is 2.78. The molecule has 2 aromatic heterocycles. The van der Waals surface area contributed by atoms with E-state index in [0.717, 1.165) is 4.68 Å². The van der Waals surface area contributed by atoms with E-state index < -0.39 is 0 Å². The first-order chi connectivity index (χ1) is 6.74. The summed E-state index contributed by atoms with van der Waals surface area (Å²) in [5.41, 5.74) is 0.0226. The first kappa shape index (κ1) is 8.90. The molecule has 0 unspecified atom stereocenters. The van der Waals surface area contributed by atoms with Crippen molar-refractivity contribution in [3.05, 3.63) is 21.4 Å². The Morgan fingerprint density at radius 1 is 1.64 bits per heavy atom. The zero-order valence-electron chi connectivity index (χ0n) is 6.88. The highest BCUT2D eigenvalue weighted by Crippen LogP contribution is 2.09. The Labute approximate surface area is 86.7 Å². The molecule has 0 spiro atoms. The molecule has 0 aliphatic rings. The van der Waals surface area contributed by atoms with Gasteiger partial charge in [0.2, 0.25) is 0 Å². The molecule has 0 saturated heterocycles. The molecule has 2 aromatic rings. The molecule has 6 nitrogen and oxygen atoms in total. The molecule has 0 bridgehead atoms. The lowest BCUT2D eigenvalue weighted by atomic mass is 10.7. The summed E-state index contributed by atoms with van der Waals surface area (Å²) in [7, 11) is 0. The second-order valence-corrected chi connectivity index (χ2v) is 3.21. The van der Waals surface area contributed by atoms with Gasteiger partial charge >= 0.3 is 5.69 Å². The average Bonchev–Trinajstić information content (AvgIpc) is 2.54. The predicted molar refractivity (Wildman–Crippen MR) is 51.6 cm³/mol. The Morgan fingerprint density at radius 2 is 2.43 bits per heavy atom. The Bertz CT molecular complexity index is 578. The van der Waals surface area contributed by atoms with Crippen LogP contribution in [0.2, 0.25) is 0 Å². The molecule has 14 heavy (non-hydrogen) atoms. The smallest absolute Gasteiger partial charge is 0.245 e. The third-order valence-electron chi connectivity index (χ3n) is 1.61. The quantitative estimate of drug-likeness (QED) is 0.654. The highest BCUT2D eigenvalue weighted by molar-refractivity contribution is 9.10. The fraction of sp³-hybridized carbons (Fsp3) is 0.143. The number of rotatable bonds is 1. The number of terminal acetylenes is 1. The van der Waals surface area contributed by atoms with Crippen LogP contribution in [-0.4, -0.2) is 24.4 Å². The van der Waals surface area contributed by atoms with Crippen LogP contribution in [0.3, 0.4) is 0 Å². The summed E-state index contributed by atoms with van der Waals surface area (Å²) in [5, 5.41) is 7.44. The number of halogens is 1. The number of fused-ring (bicyclic) bond motifs is 1. The molecular weight excluding hydrogens is 250 g/mol. The minimum atomic E-state index is -0.355. The summed E-state index contributed by atoms with van der Waals surface area (Å²) in [6.45, 7) is 0.0948. The Morgan fingerprint density at radius 3 is 3.14 bits per heavy atom. The van der Waals surface area contributed by atoms with E-state index in [2.05, 4.69) is 37.1 Å². The van der Waals surface area contributed by atoms with E-state index in [1.54, 1.807) is 0 Å². The van der Waals surface area contributed by atoms with Crippen LogP contribution in [0.4, 0.5) is 0 Å². The van der Waals surface area contributed by atoms with Crippen molar-refractivity contribution in [1.82, 2.24) is 24.4 Å². The number of nitrogens with zero attached hydrogens (tertiary/aromatic N) is 5. The molecule has 70 valence electrons. The zero-order chi connectivity index (χ0) is 10.1. The van der Waals surface area contributed by atoms with Crippen LogP contribution in [0.25, 0.3) is 5.65 Å². The molecule has 0 radical (unpaired) electrons. The van der Waals surface area contributed by atoms with Crippen molar-refractivity contribution in [1.29, 1.82) is 0 Å². The molecule has 7 heteroatoms. The number of imidazole rings is 1. The molecule has 2 rings (SSSR count). The van der Waals surface area contributed by atoms with Gasteiger partial charge in [-0.3, -0.25) is 0 Å². The molecule has 0 N–H and O–H groups in total. The lowest BCUT2D eigenvalue weighted by molar-refractivity contribution is 0.576. The van der Waals surface area contributed by atoms with E-state index in [-0.39, 0.29) is 12.2 Å². The van der Waals surface area contributed by atoms with Gasteiger partial charge < -0.3 is 0 Å². The van der Waals surface area contributed by atoms with E-state index in [0.29, 0.717) is 10.3 Å². The average molecular weight is 254 g/mol. The predicted octanol–water partition coefficient (Wildman–Crippen LogP) is -0.318. The second-order valence-electron chi connectivity index (χ2n) is 2.46. The first-order valence-electron chi connectivity index (χ1n) is 3.64. The summed E-state index contributed by atoms with van der Waals surface area (Å²) in [5.74, 6) is 2.31. The minimum absolute atomic E-state index is 0.0948. The SMILES string of the molecule is C#CCn1nnc2c(Br)ncn2c1=O. The van der Waals surface area contributed by atoms with Crippen molar-refractivity contribution in [2.75, 3.05) is 0 Å². The van der Waals surface area contributed by atoms with Crippen LogP contribution in [0.1, 0.15) is 0 Å². The van der Waals surface area contributed by atoms with Crippen molar-refractivity contribution in [3.8, 4) is 12.3 Å². The van der Waals surface area contributed by atoms with Crippen LogP contribution in [0.15, 0.2) is 15.7 Å². The lowest BCUT2D eigenvalue weighted by Gasteiger charge is -1.97. The van der Waals surface area contributed by atoms with E-state index >= 15 is 0 Å². The number of hydrogen-bond donors (Lipinski definition) is 0. The highest BCUT2D eigenvalue weighted by atomic mass is 79.9. The Hall–Kier alpha value is -1.68. The van der Waals surface area contributed by atoms with Gasteiger partial charge in [-0.1, -0.05) is 11.1 Å². The highest BCUT2D eigenvalue weighted by Gasteiger charge is 2.07. The second kappa shape index (κ2) is 3.23. The Kier molecular flexibility index (Phi) is 2.05. The van der Waals surface area contributed by atoms with E-state index in [4.69, 9.17) is 6.42 Å². The minimum Gasteiger partial charge on any atom is -0.245 e. The van der Waals surface area contributed by atoms with E-state index in [1.165, 1.54) is 10.7 Å². The van der Waals surface area contributed by atoms with Gasteiger partial charge in [0, 0.05) is 0 Å².